The van der Waals surface area contributed by atoms with E-state index in [2.05, 4.69) is 43.8 Å². The molecule has 186 valence electrons. The molecule has 1 fully saturated rings. The van der Waals surface area contributed by atoms with Crippen molar-refractivity contribution in [2.75, 3.05) is 35.8 Å². The van der Waals surface area contributed by atoms with Crippen molar-refractivity contribution in [3.05, 3.63) is 47.8 Å². The van der Waals surface area contributed by atoms with Gasteiger partial charge in [-0.25, -0.2) is 14.2 Å². The summed E-state index contributed by atoms with van der Waals surface area (Å²) in [4.78, 5) is 26.7. The van der Waals surface area contributed by atoms with Gasteiger partial charge in [-0.05, 0) is 62.4 Å². The second-order valence-electron chi connectivity index (χ2n) is 8.72. The SMILES string of the molecule is CN=CN1/C(=C/C(C)Nc2nccc(NC(=O)OCCC(C)F)n2)COc2cc(C3CC3)ccc21. The molecule has 0 saturated heterocycles. The fourth-order valence-corrected chi connectivity index (χ4v) is 3.76. The first-order valence-corrected chi connectivity index (χ1v) is 11.8. The first kappa shape index (κ1) is 24.4. The van der Waals surface area contributed by atoms with Crippen molar-refractivity contribution < 1.29 is 18.7 Å². The Morgan fingerprint density at radius 3 is 2.94 bits per heavy atom. The normalized spacial score (nSPS) is 18.1. The number of hydrogen-bond donors (Lipinski definition) is 2. The average Bonchev–Trinajstić information content (AvgIpc) is 3.66. The Morgan fingerprint density at radius 1 is 1.37 bits per heavy atom. The Labute approximate surface area is 204 Å². The highest BCUT2D eigenvalue weighted by atomic mass is 19.1. The van der Waals surface area contributed by atoms with Crippen LogP contribution < -0.4 is 20.3 Å². The van der Waals surface area contributed by atoms with Crippen molar-refractivity contribution in [3.8, 4) is 5.75 Å². The van der Waals surface area contributed by atoms with Gasteiger partial charge in [0.2, 0.25) is 5.95 Å². The molecule has 1 aliphatic heterocycles. The molecule has 1 aromatic heterocycles. The van der Waals surface area contributed by atoms with Crippen LogP contribution in [-0.2, 0) is 4.74 Å². The molecule has 1 saturated carbocycles. The van der Waals surface area contributed by atoms with Gasteiger partial charge in [-0.3, -0.25) is 15.2 Å². The number of aromatic nitrogens is 2. The number of fused-ring (bicyclic) bond motifs is 1. The molecule has 0 spiro atoms. The van der Waals surface area contributed by atoms with Gasteiger partial charge in [0.15, 0.2) is 0 Å². The average molecular weight is 483 g/mol. The summed E-state index contributed by atoms with van der Waals surface area (Å²) < 4.78 is 23.9. The summed E-state index contributed by atoms with van der Waals surface area (Å²) in [5.74, 6) is 2.14. The van der Waals surface area contributed by atoms with Crippen LogP contribution in [-0.4, -0.2) is 54.9 Å². The van der Waals surface area contributed by atoms with Crippen molar-refractivity contribution in [1.29, 1.82) is 0 Å². The van der Waals surface area contributed by atoms with Gasteiger partial charge in [0.1, 0.15) is 24.3 Å². The number of hydrogen-bond acceptors (Lipinski definition) is 7. The zero-order valence-electron chi connectivity index (χ0n) is 20.2. The van der Waals surface area contributed by atoms with Crippen molar-refractivity contribution in [3.63, 3.8) is 0 Å². The lowest BCUT2D eigenvalue weighted by Gasteiger charge is -2.31. The molecule has 0 bridgehead atoms. The number of alkyl halides is 1. The molecule has 2 N–H and O–H groups in total. The minimum absolute atomic E-state index is 0.00501. The summed E-state index contributed by atoms with van der Waals surface area (Å²) in [7, 11) is 1.74. The summed E-state index contributed by atoms with van der Waals surface area (Å²) in [5, 5.41) is 5.74. The fraction of sp³-hybridized carbons (Fsp3) is 0.440. The summed E-state index contributed by atoms with van der Waals surface area (Å²) in [6, 6.07) is 7.78. The Kier molecular flexibility index (Phi) is 7.79. The number of anilines is 3. The highest BCUT2D eigenvalue weighted by Crippen LogP contribution is 2.44. The van der Waals surface area contributed by atoms with Gasteiger partial charge in [0.05, 0.1) is 24.3 Å². The number of carbonyl (C=O) groups is 1. The van der Waals surface area contributed by atoms with E-state index in [-0.39, 0.29) is 24.9 Å². The van der Waals surface area contributed by atoms with E-state index in [1.54, 1.807) is 19.5 Å². The summed E-state index contributed by atoms with van der Waals surface area (Å²) >= 11 is 0. The van der Waals surface area contributed by atoms with Crippen LogP contribution in [0.15, 0.2) is 47.2 Å². The third-order valence-corrected chi connectivity index (χ3v) is 5.64. The third kappa shape index (κ3) is 6.68. The van der Waals surface area contributed by atoms with Crippen molar-refractivity contribution >= 4 is 29.9 Å². The van der Waals surface area contributed by atoms with Gasteiger partial charge in [-0.2, -0.15) is 4.98 Å². The summed E-state index contributed by atoms with van der Waals surface area (Å²) in [6.07, 6.45) is 6.24. The van der Waals surface area contributed by atoms with E-state index in [0.717, 1.165) is 17.1 Å². The van der Waals surface area contributed by atoms with Crippen LogP contribution in [0, 0.1) is 0 Å². The number of amides is 1. The lowest BCUT2D eigenvalue weighted by Crippen LogP contribution is -2.31. The van der Waals surface area contributed by atoms with E-state index < -0.39 is 12.3 Å². The number of nitrogens with zero attached hydrogens (tertiary/aromatic N) is 4. The van der Waals surface area contributed by atoms with Gasteiger partial charge in [0, 0.05) is 25.7 Å². The smallest absolute Gasteiger partial charge is 0.412 e. The number of carbonyl (C=O) groups excluding carboxylic acids is 1. The number of halogens is 1. The second kappa shape index (κ2) is 11.2. The lowest BCUT2D eigenvalue weighted by atomic mass is 10.1. The van der Waals surface area contributed by atoms with Gasteiger partial charge in [0.25, 0.3) is 0 Å². The summed E-state index contributed by atoms with van der Waals surface area (Å²) in [6.45, 7) is 3.78. The molecule has 2 aliphatic rings. The van der Waals surface area contributed by atoms with Crippen LogP contribution in [0.4, 0.5) is 26.6 Å². The van der Waals surface area contributed by atoms with Gasteiger partial charge in [-0.1, -0.05) is 6.07 Å². The third-order valence-electron chi connectivity index (χ3n) is 5.64. The molecular weight excluding hydrogens is 451 g/mol. The van der Waals surface area contributed by atoms with E-state index in [1.807, 2.05) is 17.9 Å². The van der Waals surface area contributed by atoms with Crippen molar-refractivity contribution in [2.45, 2.75) is 51.2 Å². The van der Waals surface area contributed by atoms with Crippen LogP contribution in [0.2, 0.25) is 0 Å². The Balaban J connectivity index is 1.41. The maximum absolute atomic E-state index is 12.8. The van der Waals surface area contributed by atoms with Crippen LogP contribution >= 0.6 is 0 Å². The lowest BCUT2D eigenvalue weighted by molar-refractivity contribution is 0.149. The van der Waals surface area contributed by atoms with E-state index in [9.17, 15) is 9.18 Å². The first-order chi connectivity index (χ1) is 16.9. The fourth-order valence-electron chi connectivity index (χ4n) is 3.76. The molecule has 2 aromatic rings. The Morgan fingerprint density at radius 2 is 2.20 bits per heavy atom. The Bertz CT molecular complexity index is 1100. The molecule has 2 unspecified atom stereocenters. The molecule has 1 aromatic carbocycles. The molecule has 35 heavy (non-hydrogen) atoms. The number of rotatable bonds is 9. The first-order valence-electron chi connectivity index (χ1n) is 11.8. The predicted molar refractivity (Wildman–Crippen MR) is 134 cm³/mol. The number of aliphatic imine (C=N–C) groups is 1. The molecule has 0 radical (unpaired) electrons. The molecule has 2 heterocycles. The summed E-state index contributed by atoms with van der Waals surface area (Å²) in [5.41, 5.74) is 3.21. The van der Waals surface area contributed by atoms with Gasteiger partial charge >= 0.3 is 6.09 Å². The van der Waals surface area contributed by atoms with E-state index >= 15 is 0 Å². The van der Waals surface area contributed by atoms with Crippen molar-refractivity contribution in [2.24, 2.45) is 4.99 Å². The molecule has 1 aliphatic carbocycles. The number of ether oxygens (including phenoxy) is 2. The van der Waals surface area contributed by atoms with Gasteiger partial charge in [-0.15, -0.1) is 0 Å². The quantitative estimate of drug-likeness (QED) is 0.388. The molecule has 9 nitrogen and oxygen atoms in total. The zero-order chi connectivity index (χ0) is 24.8. The largest absolute Gasteiger partial charge is 0.485 e. The van der Waals surface area contributed by atoms with E-state index in [4.69, 9.17) is 9.47 Å². The van der Waals surface area contributed by atoms with Crippen LogP contribution in [0.5, 0.6) is 5.75 Å². The maximum atomic E-state index is 12.8. The predicted octanol–water partition coefficient (Wildman–Crippen LogP) is 4.89. The van der Waals surface area contributed by atoms with Crippen LogP contribution in [0.25, 0.3) is 0 Å². The Hall–Kier alpha value is -3.69. The minimum Gasteiger partial charge on any atom is -0.485 e. The second-order valence-corrected chi connectivity index (χ2v) is 8.72. The monoisotopic (exact) mass is 482 g/mol. The molecule has 4 rings (SSSR count). The minimum atomic E-state index is -1.03. The van der Waals surface area contributed by atoms with Crippen LogP contribution in [0.1, 0.15) is 44.6 Å². The number of benzene rings is 1. The molecule has 1 amide bonds. The topological polar surface area (TPSA) is 101 Å². The maximum Gasteiger partial charge on any atom is 0.412 e. The highest BCUT2D eigenvalue weighted by molar-refractivity contribution is 5.87. The van der Waals surface area contributed by atoms with Crippen LogP contribution in [0.3, 0.4) is 0 Å². The van der Waals surface area contributed by atoms with Gasteiger partial charge < -0.3 is 14.8 Å². The molecule has 10 heteroatoms. The zero-order valence-corrected chi connectivity index (χ0v) is 20.2. The number of nitrogens with one attached hydrogen (secondary N) is 2. The molecule has 2 atom stereocenters. The van der Waals surface area contributed by atoms with Crippen molar-refractivity contribution in [1.82, 2.24) is 9.97 Å². The van der Waals surface area contributed by atoms with E-state index in [1.165, 1.54) is 31.5 Å². The highest BCUT2D eigenvalue weighted by Gasteiger charge is 2.27. The molecular formula is C25H31FN6O3. The van der Waals surface area contributed by atoms with E-state index in [0.29, 0.717) is 18.5 Å². The standard InChI is InChI=1S/C25H31FN6O3/c1-16(26)9-11-34-25(33)31-23-8-10-28-24(30-23)29-17(2)12-20-14-35-22-13-19(18-4-5-18)6-7-21(22)32(20)15-27-3/h6-8,10,12-13,15-18H,4-5,9,11,14H2,1-3H3,(H2,28,29,30,31,33)/b20-12+,27-15?.